The number of aryl methyl sites for hydroxylation is 1. The van der Waals surface area contributed by atoms with Crippen molar-refractivity contribution in [2.75, 3.05) is 23.9 Å². The van der Waals surface area contributed by atoms with Gasteiger partial charge in [-0.25, -0.2) is 0 Å². The number of carbonyl (C=O) groups excluding carboxylic acids is 2. The van der Waals surface area contributed by atoms with Crippen LogP contribution in [0.1, 0.15) is 18.9 Å². The summed E-state index contributed by atoms with van der Waals surface area (Å²) in [5, 5.41) is 9.95. The second-order valence-electron chi connectivity index (χ2n) is 7.24. The number of anilines is 2. The number of hydrogen-bond acceptors (Lipinski definition) is 4. The van der Waals surface area contributed by atoms with Crippen molar-refractivity contribution in [3.8, 4) is 17.0 Å². The van der Waals surface area contributed by atoms with E-state index in [0.29, 0.717) is 18.1 Å². The zero-order valence-electron chi connectivity index (χ0n) is 17.0. The van der Waals surface area contributed by atoms with Crippen molar-refractivity contribution < 1.29 is 14.3 Å². The zero-order valence-corrected chi connectivity index (χ0v) is 17.0. The van der Waals surface area contributed by atoms with Crippen LogP contribution in [-0.4, -0.2) is 35.7 Å². The molecule has 1 atom stereocenters. The summed E-state index contributed by atoms with van der Waals surface area (Å²) in [5.74, 6) is 0.464. The standard InChI is InChI=1S/C23H24N4O3/c1-3-15-8-4-6-10-19(15)27-14-16(12-22(27)28)23(29)24-21-13-18(25-26-21)17-9-5-7-11-20(17)30-2/h4-11,13,16H,3,12,14H2,1-2H3,(H2,24,25,26,29). The van der Waals surface area contributed by atoms with Crippen molar-refractivity contribution in [1.29, 1.82) is 0 Å². The summed E-state index contributed by atoms with van der Waals surface area (Å²) in [6, 6.07) is 17.2. The lowest BCUT2D eigenvalue weighted by Crippen LogP contribution is -2.28. The molecular weight excluding hydrogens is 380 g/mol. The summed E-state index contributed by atoms with van der Waals surface area (Å²) < 4.78 is 5.38. The van der Waals surface area contributed by atoms with Gasteiger partial charge in [-0.15, -0.1) is 0 Å². The van der Waals surface area contributed by atoms with E-state index in [9.17, 15) is 9.59 Å². The first-order chi connectivity index (χ1) is 14.6. The van der Waals surface area contributed by atoms with Gasteiger partial charge in [0.05, 0.1) is 18.7 Å². The van der Waals surface area contributed by atoms with Gasteiger partial charge in [0.25, 0.3) is 0 Å². The van der Waals surface area contributed by atoms with Crippen LogP contribution < -0.4 is 15.0 Å². The molecule has 30 heavy (non-hydrogen) atoms. The Morgan fingerprint density at radius 2 is 2.00 bits per heavy atom. The highest BCUT2D eigenvalue weighted by atomic mass is 16.5. The third-order valence-electron chi connectivity index (χ3n) is 5.39. The summed E-state index contributed by atoms with van der Waals surface area (Å²) >= 11 is 0. The van der Waals surface area contributed by atoms with Crippen LogP contribution in [0.4, 0.5) is 11.5 Å². The molecule has 0 saturated carbocycles. The van der Waals surface area contributed by atoms with E-state index in [4.69, 9.17) is 4.74 Å². The number of nitrogens with one attached hydrogen (secondary N) is 2. The van der Waals surface area contributed by atoms with Gasteiger partial charge in [0.2, 0.25) is 11.8 Å². The van der Waals surface area contributed by atoms with Gasteiger partial charge in [-0.05, 0) is 30.2 Å². The van der Waals surface area contributed by atoms with E-state index in [-0.39, 0.29) is 18.2 Å². The van der Waals surface area contributed by atoms with Crippen LogP contribution in [0.25, 0.3) is 11.3 Å². The maximum atomic E-state index is 12.8. The van der Waals surface area contributed by atoms with Crippen LogP contribution in [0.15, 0.2) is 54.6 Å². The van der Waals surface area contributed by atoms with Crippen molar-refractivity contribution >= 4 is 23.3 Å². The predicted octanol–water partition coefficient (Wildman–Crippen LogP) is 3.64. The van der Waals surface area contributed by atoms with E-state index >= 15 is 0 Å². The molecular formula is C23H24N4O3. The number of aromatic nitrogens is 2. The molecule has 1 aromatic heterocycles. The Balaban J connectivity index is 1.46. The number of aromatic amines is 1. The maximum absolute atomic E-state index is 12.8. The molecule has 0 bridgehead atoms. The van der Waals surface area contributed by atoms with Gasteiger partial charge in [0.1, 0.15) is 5.75 Å². The van der Waals surface area contributed by atoms with Crippen LogP contribution in [0.5, 0.6) is 5.75 Å². The lowest BCUT2D eigenvalue weighted by molar-refractivity contribution is -0.122. The number of carbonyl (C=O) groups is 2. The molecule has 7 nitrogen and oxygen atoms in total. The Labute approximate surface area is 175 Å². The minimum atomic E-state index is -0.422. The average Bonchev–Trinajstić information content (AvgIpc) is 3.40. The van der Waals surface area contributed by atoms with Crippen molar-refractivity contribution in [3.05, 3.63) is 60.2 Å². The quantitative estimate of drug-likeness (QED) is 0.657. The molecule has 3 aromatic rings. The number of rotatable bonds is 6. The monoisotopic (exact) mass is 404 g/mol. The third-order valence-corrected chi connectivity index (χ3v) is 5.39. The largest absolute Gasteiger partial charge is 0.496 e. The van der Waals surface area contributed by atoms with Crippen LogP contribution in [0.3, 0.4) is 0 Å². The number of H-pyrrole nitrogens is 1. The van der Waals surface area contributed by atoms with Crippen molar-refractivity contribution in [2.45, 2.75) is 19.8 Å². The van der Waals surface area contributed by atoms with Crippen LogP contribution in [0, 0.1) is 5.92 Å². The first kappa shape index (κ1) is 19.7. The lowest BCUT2D eigenvalue weighted by atomic mass is 10.1. The molecule has 1 fully saturated rings. The molecule has 0 radical (unpaired) electrons. The summed E-state index contributed by atoms with van der Waals surface area (Å²) in [7, 11) is 1.61. The predicted molar refractivity (Wildman–Crippen MR) is 115 cm³/mol. The van der Waals surface area contributed by atoms with Gasteiger partial charge >= 0.3 is 0 Å². The molecule has 0 spiro atoms. The Kier molecular flexibility index (Phi) is 5.52. The molecule has 1 aliphatic heterocycles. The van der Waals surface area contributed by atoms with E-state index in [1.807, 2.05) is 48.5 Å². The summed E-state index contributed by atoms with van der Waals surface area (Å²) in [6.45, 7) is 2.42. The fourth-order valence-electron chi connectivity index (χ4n) is 3.81. The molecule has 2 aromatic carbocycles. The molecule has 1 unspecified atom stereocenters. The van der Waals surface area contributed by atoms with Gasteiger partial charge in [-0.2, -0.15) is 5.10 Å². The second-order valence-corrected chi connectivity index (χ2v) is 7.24. The molecule has 2 amide bonds. The van der Waals surface area contributed by atoms with E-state index in [1.165, 1.54) is 0 Å². The summed E-state index contributed by atoms with van der Waals surface area (Å²) in [4.78, 5) is 27.1. The van der Waals surface area contributed by atoms with E-state index in [2.05, 4.69) is 22.4 Å². The van der Waals surface area contributed by atoms with Crippen LogP contribution in [0.2, 0.25) is 0 Å². The number of benzene rings is 2. The Bertz CT molecular complexity index is 1080. The normalized spacial score (nSPS) is 16.0. The topological polar surface area (TPSA) is 87.3 Å². The molecule has 1 saturated heterocycles. The first-order valence-electron chi connectivity index (χ1n) is 9.98. The molecule has 2 N–H and O–H groups in total. The molecule has 1 aliphatic rings. The fraction of sp³-hybridized carbons (Fsp3) is 0.261. The van der Waals surface area contributed by atoms with E-state index < -0.39 is 5.92 Å². The fourth-order valence-corrected chi connectivity index (χ4v) is 3.81. The van der Waals surface area contributed by atoms with Crippen molar-refractivity contribution in [2.24, 2.45) is 5.92 Å². The smallest absolute Gasteiger partial charge is 0.231 e. The molecule has 154 valence electrons. The minimum absolute atomic E-state index is 0.0345. The lowest BCUT2D eigenvalue weighted by Gasteiger charge is -2.19. The van der Waals surface area contributed by atoms with Crippen LogP contribution >= 0.6 is 0 Å². The van der Waals surface area contributed by atoms with Gasteiger partial charge in [0.15, 0.2) is 5.82 Å². The Hall–Kier alpha value is -3.61. The van der Waals surface area contributed by atoms with Crippen molar-refractivity contribution in [1.82, 2.24) is 10.2 Å². The Morgan fingerprint density at radius 3 is 2.80 bits per heavy atom. The highest BCUT2D eigenvalue weighted by Crippen LogP contribution is 2.31. The highest BCUT2D eigenvalue weighted by Gasteiger charge is 2.36. The SMILES string of the molecule is CCc1ccccc1N1CC(C(=O)Nc2cc(-c3ccccc3OC)[nH]n2)CC1=O. The number of methoxy groups -OCH3 is 1. The third kappa shape index (κ3) is 3.78. The molecule has 2 heterocycles. The number of amides is 2. The zero-order chi connectivity index (χ0) is 21.1. The van der Waals surface area contributed by atoms with Crippen molar-refractivity contribution in [3.63, 3.8) is 0 Å². The minimum Gasteiger partial charge on any atom is -0.496 e. The van der Waals surface area contributed by atoms with Gasteiger partial charge in [0, 0.05) is 30.3 Å². The number of ether oxygens (including phenoxy) is 1. The van der Waals surface area contributed by atoms with E-state index in [1.54, 1.807) is 18.1 Å². The Morgan fingerprint density at radius 1 is 1.23 bits per heavy atom. The number of hydrogen-bond donors (Lipinski definition) is 2. The summed E-state index contributed by atoms with van der Waals surface area (Å²) in [6.07, 6.45) is 1.02. The highest BCUT2D eigenvalue weighted by molar-refractivity contribution is 6.03. The van der Waals surface area contributed by atoms with Gasteiger partial charge in [-0.3, -0.25) is 14.7 Å². The van der Waals surface area contributed by atoms with E-state index in [0.717, 1.165) is 28.9 Å². The molecule has 7 heteroatoms. The maximum Gasteiger partial charge on any atom is 0.231 e. The van der Waals surface area contributed by atoms with Gasteiger partial charge in [-0.1, -0.05) is 37.3 Å². The summed E-state index contributed by atoms with van der Waals surface area (Å²) in [5.41, 5.74) is 3.58. The van der Waals surface area contributed by atoms with Gasteiger partial charge < -0.3 is 15.0 Å². The average molecular weight is 404 g/mol. The molecule has 0 aliphatic carbocycles. The van der Waals surface area contributed by atoms with Crippen LogP contribution in [-0.2, 0) is 16.0 Å². The number of nitrogens with zero attached hydrogens (tertiary/aromatic N) is 2. The number of para-hydroxylation sites is 2. The molecule has 4 rings (SSSR count). The second kappa shape index (κ2) is 8.41. The first-order valence-corrected chi connectivity index (χ1v) is 9.98.